The van der Waals surface area contributed by atoms with E-state index >= 15 is 0 Å². The summed E-state index contributed by atoms with van der Waals surface area (Å²) in [5, 5.41) is 159. The van der Waals surface area contributed by atoms with Crippen molar-refractivity contribution in [1.29, 1.82) is 0 Å². The Hall–Kier alpha value is -1.43. The van der Waals surface area contributed by atoms with E-state index in [1.165, 1.54) is 33.3 Å². The summed E-state index contributed by atoms with van der Waals surface area (Å²) >= 11 is 0. The molecule has 0 aromatic carbocycles. The second-order valence-electron chi connectivity index (χ2n) is 29.6. The molecule has 5 unspecified atom stereocenters. The molecule has 10 rings (SSSR count). The van der Waals surface area contributed by atoms with Gasteiger partial charge in [0.05, 0.1) is 55.4 Å². The van der Waals surface area contributed by atoms with Gasteiger partial charge in [0.2, 0.25) is 0 Å². The largest absolute Gasteiger partial charge is 0.397 e. The first-order chi connectivity index (χ1) is 43.4. The molecule has 0 spiro atoms. The first kappa shape index (κ1) is 74.3. The maximum Gasteiger partial charge on any atom is 0.397 e. The molecule has 538 valence electrons. The summed E-state index contributed by atoms with van der Waals surface area (Å²) in [7, 11) is -4.88. The van der Waals surface area contributed by atoms with Gasteiger partial charge in [-0.25, -0.2) is 4.18 Å². The topological polar surface area (TPSA) is 458 Å². The van der Waals surface area contributed by atoms with Crippen LogP contribution in [0.15, 0.2) is 11.6 Å². The fraction of sp³-hybridized carbons (Fsp3) is 0.968. The molecule has 0 aromatic heterocycles. The number of aliphatic hydroxyl groups excluding tert-OH is 12. The van der Waals surface area contributed by atoms with Crippen molar-refractivity contribution in [3.8, 4) is 0 Å². The highest BCUT2D eigenvalue weighted by atomic mass is 32.3. The molecule has 0 bridgehead atoms. The average Bonchev–Trinajstić information content (AvgIpc) is 1.68. The summed E-state index contributed by atoms with van der Waals surface area (Å²) in [5.41, 5.74) is -3.07. The molecule has 3 saturated carbocycles. The Morgan fingerprint density at radius 2 is 1.18 bits per heavy atom. The van der Waals surface area contributed by atoms with Crippen LogP contribution in [-0.2, 0) is 71.4 Å². The molecule has 6 heterocycles. The number of aliphatic hydroxyl groups is 14. The highest BCUT2D eigenvalue weighted by molar-refractivity contribution is 7.80. The van der Waals surface area contributed by atoms with Gasteiger partial charge in [0, 0.05) is 0 Å². The number of hydrogen-bond donors (Lipinski definition) is 15. The summed E-state index contributed by atoms with van der Waals surface area (Å²) in [6.45, 7) is 16.3. The molecule has 37 atom stereocenters. The van der Waals surface area contributed by atoms with Crippen LogP contribution in [0.5, 0.6) is 0 Å². The zero-order valence-corrected chi connectivity index (χ0v) is 55.2. The van der Waals surface area contributed by atoms with Crippen LogP contribution in [0.1, 0.15) is 133 Å². The van der Waals surface area contributed by atoms with Gasteiger partial charge < -0.3 is 128 Å². The van der Waals surface area contributed by atoms with E-state index in [1.807, 2.05) is 6.92 Å². The molecule has 0 amide bonds. The Morgan fingerprint density at radius 3 is 1.86 bits per heavy atom. The molecular formula is C62H104O30S. The van der Waals surface area contributed by atoms with Crippen molar-refractivity contribution in [2.75, 3.05) is 13.2 Å². The Kier molecular flexibility index (Phi) is 22.8. The zero-order valence-electron chi connectivity index (χ0n) is 54.4. The van der Waals surface area contributed by atoms with Crippen molar-refractivity contribution in [3.05, 3.63) is 11.6 Å². The molecule has 9 fully saturated rings. The van der Waals surface area contributed by atoms with Crippen LogP contribution in [0.25, 0.3) is 0 Å². The minimum Gasteiger partial charge on any atom is -0.390 e. The van der Waals surface area contributed by atoms with Gasteiger partial charge in [0.15, 0.2) is 37.7 Å². The van der Waals surface area contributed by atoms with Crippen LogP contribution in [-0.4, -0.2) is 287 Å². The molecule has 15 N–H and O–H groups in total. The number of fused-ring (bicyclic) bond motifs is 5. The summed E-state index contributed by atoms with van der Waals surface area (Å²) in [4.78, 5) is 0. The van der Waals surface area contributed by atoms with Gasteiger partial charge in [-0.2, -0.15) is 8.42 Å². The quantitative estimate of drug-likeness (QED) is 0.0492. The van der Waals surface area contributed by atoms with Crippen LogP contribution in [0, 0.1) is 40.4 Å². The molecular weight excluding hydrogens is 1260 g/mol. The number of allylic oxidation sites excluding steroid dienone is 2. The average molecular weight is 1360 g/mol. The first-order valence-corrected chi connectivity index (χ1v) is 34.5. The summed E-state index contributed by atoms with van der Waals surface area (Å²) in [5.74, 6) is 0.0122. The van der Waals surface area contributed by atoms with E-state index in [0.717, 1.165) is 39.0 Å². The lowest BCUT2D eigenvalue weighted by atomic mass is 9.47. The molecule has 30 nitrogen and oxygen atoms in total. The Balaban J connectivity index is 0.924. The van der Waals surface area contributed by atoms with Crippen LogP contribution >= 0.6 is 0 Å². The van der Waals surface area contributed by atoms with Crippen molar-refractivity contribution in [3.63, 3.8) is 0 Å². The molecule has 93 heavy (non-hydrogen) atoms. The smallest absolute Gasteiger partial charge is 0.390 e. The standard InChI is InChI=1S/C62H104O30S/c1-24(2)12-11-17-61(9,75)37-14-13-31-30-21-35(33-20-29(92-93(77,78)79)15-18-59(33,7)32(30)16-19-60(31,37)8)86-55-47(73)49(39(65)26(4)83-55)89-56-50(91-58-62(10,76)52(74)40(66)27(5)85-58)42(68)36(23-81-56)87-57-51(90-54-45(71)43(69)38(64)25(3)82-54)46(72)48(28(6)84-57)88-53-44(70)41(67)34(63)22-80-53/h16,24-31,33-58,63-76H,11-15,17-23H2,1-10H3,(H,77,78,79)/t25-,26-,27-,28-,29+,30?,31+,33-,34+,35+,36-,37?,38+,39-,40-,41+,42+,43-,44-,45-,46+,47-,48-,49+,50-,51-,52+,53-,54+,55?,56+,57+,58+,59?,60?,61-,62+/m1/s1. The van der Waals surface area contributed by atoms with E-state index in [9.17, 15) is 84.5 Å². The van der Waals surface area contributed by atoms with E-state index < -0.39 is 224 Å². The monoisotopic (exact) mass is 1360 g/mol. The second kappa shape index (κ2) is 28.5. The molecule has 0 aromatic rings. The van der Waals surface area contributed by atoms with E-state index in [4.69, 9.17) is 61.0 Å². The van der Waals surface area contributed by atoms with Gasteiger partial charge in [0.1, 0.15) is 109 Å². The lowest BCUT2D eigenvalue weighted by Crippen LogP contribution is -2.69. The van der Waals surface area contributed by atoms with Gasteiger partial charge in [0.25, 0.3) is 0 Å². The maximum absolute atomic E-state index is 12.6. The lowest BCUT2D eigenvalue weighted by molar-refractivity contribution is -0.408. The van der Waals surface area contributed by atoms with E-state index in [1.54, 1.807) is 0 Å². The third kappa shape index (κ3) is 14.7. The third-order valence-corrected chi connectivity index (χ3v) is 23.2. The zero-order chi connectivity index (χ0) is 68.1. The molecule has 0 radical (unpaired) electrons. The minimum atomic E-state index is -4.88. The fourth-order valence-corrected chi connectivity index (χ4v) is 17.6. The Labute approximate surface area is 542 Å². The minimum absolute atomic E-state index is 0.0180. The SMILES string of the molecule is CC(C)CCC[C@@](C)(O)C1CC[C@H]2C3C[C@H](OC4O[C@H](C)[C@@H](O)[C@H](O[C@@H]5OC[C@@H](O[C@@H]6O[C@H](C)[C@@H](O[C@H]7OC[C@H](O)[C@H](O)[C@H]7O)[C@H](O)[C@H]6O[C@@H]6O[C@H](C)[C@H](O)[C@@H](O)[C@H]6O)[C@H](O)[C@H]5O[C@@H]5O[C@H](C)[C@@H](O)[C@H](O)[C@]5(C)O)[C@H]4O)[C@H]4C[C@@H](OS(=O)(=O)O)CCC4(C)C3=CCC12C. The van der Waals surface area contributed by atoms with Crippen molar-refractivity contribution in [1.82, 2.24) is 0 Å². The molecule has 6 saturated heterocycles. The predicted molar refractivity (Wildman–Crippen MR) is 315 cm³/mol. The van der Waals surface area contributed by atoms with E-state index in [-0.39, 0.29) is 36.0 Å². The highest BCUT2D eigenvalue weighted by Gasteiger charge is 2.64. The van der Waals surface area contributed by atoms with E-state index in [0.29, 0.717) is 25.2 Å². The van der Waals surface area contributed by atoms with Crippen molar-refractivity contribution < 1.29 is 145 Å². The Bertz CT molecular complexity index is 2640. The van der Waals surface area contributed by atoms with Crippen molar-refractivity contribution in [2.24, 2.45) is 40.4 Å². The fourth-order valence-electron chi connectivity index (χ4n) is 17.1. The number of ether oxygens (including phenoxy) is 12. The van der Waals surface area contributed by atoms with Gasteiger partial charge in [-0.3, -0.25) is 4.55 Å². The van der Waals surface area contributed by atoms with Crippen LogP contribution in [0.2, 0.25) is 0 Å². The predicted octanol–water partition coefficient (Wildman–Crippen LogP) is -1.97. The van der Waals surface area contributed by atoms with Crippen molar-refractivity contribution in [2.45, 2.75) is 323 Å². The highest BCUT2D eigenvalue weighted by Crippen LogP contribution is 2.68. The van der Waals surface area contributed by atoms with Crippen LogP contribution in [0.3, 0.4) is 0 Å². The number of hydrogen-bond acceptors (Lipinski definition) is 29. The van der Waals surface area contributed by atoms with Gasteiger partial charge >= 0.3 is 10.4 Å². The Morgan fingerprint density at radius 1 is 0.591 bits per heavy atom. The van der Waals surface area contributed by atoms with Gasteiger partial charge in [-0.15, -0.1) is 0 Å². The van der Waals surface area contributed by atoms with E-state index in [2.05, 4.69) is 33.8 Å². The summed E-state index contributed by atoms with van der Waals surface area (Å²) < 4.78 is 114. The first-order valence-electron chi connectivity index (χ1n) is 33.1. The molecule has 31 heteroatoms. The van der Waals surface area contributed by atoms with Crippen molar-refractivity contribution >= 4 is 10.4 Å². The van der Waals surface area contributed by atoms with Crippen LogP contribution < -0.4 is 0 Å². The summed E-state index contributed by atoms with van der Waals surface area (Å²) in [6.07, 6.45) is -38.8. The molecule has 4 aliphatic carbocycles. The number of rotatable bonds is 19. The van der Waals surface area contributed by atoms with Crippen LogP contribution in [0.4, 0.5) is 0 Å². The molecule has 10 aliphatic rings. The van der Waals surface area contributed by atoms with Gasteiger partial charge in [-0.05, 0) is 133 Å². The lowest BCUT2D eigenvalue weighted by Gasteiger charge is -2.60. The second-order valence-corrected chi connectivity index (χ2v) is 30.7. The normalized spacial score (nSPS) is 52.9. The molecule has 6 aliphatic heterocycles. The third-order valence-electron chi connectivity index (χ3n) is 22.6. The maximum atomic E-state index is 12.6. The van der Waals surface area contributed by atoms with Gasteiger partial charge in [-0.1, -0.05) is 52.2 Å². The summed E-state index contributed by atoms with van der Waals surface area (Å²) in [6, 6.07) is 0.